The van der Waals surface area contributed by atoms with Gasteiger partial charge in [0.15, 0.2) is 18.1 Å². The molecule has 0 aliphatic carbocycles. The number of methoxy groups -OCH3 is 1. The number of carbonyl (C=O) groups excluding carboxylic acids is 2. The van der Waals surface area contributed by atoms with E-state index in [-0.39, 0.29) is 18.3 Å². The summed E-state index contributed by atoms with van der Waals surface area (Å²) in [6.07, 6.45) is 1.06. The number of nitrogens with two attached hydrogens (primary N) is 1. The lowest BCUT2D eigenvalue weighted by atomic mass is 10.1. The number of hydrogen-bond donors (Lipinski definition) is 1. The van der Waals surface area contributed by atoms with Gasteiger partial charge in [0, 0.05) is 0 Å². The highest BCUT2D eigenvalue weighted by molar-refractivity contribution is 5.98. The van der Waals surface area contributed by atoms with E-state index in [1.54, 1.807) is 38.1 Å². The molecule has 7 heteroatoms. The standard InChI is InChI=1S/C16H18N2O5/c1-10(2)23-16(20)12(8-17)6-11-4-5-13(14(7-11)21-3)22-9-15(18)19/h4-7,10H,9H2,1-3H3,(H2,18,19)/b12-6+. The van der Waals surface area contributed by atoms with Gasteiger partial charge in [0.05, 0.1) is 13.2 Å². The van der Waals surface area contributed by atoms with Gasteiger partial charge in [-0.05, 0) is 37.6 Å². The third-order valence-corrected chi connectivity index (χ3v) is 2.55. The lowest BCUT2D eigenvalue weighted by molar-refractivity contribution is -0.142. The van der Waals surface area contributed by atoms with Gasteiger partial charge in [-0.25, -0.2) is 4.79 Å². The Morgan fingerprint density at radius 1 is 1.35 bits per heavy atom. The molecule has 0 fully saturated rings. The Labute approximate surface area is 134 Å². The average molecular weight is 318 g/mol. The van der Waals surface area contributed by atoms with Crippen molar-refractivity contribution >= 4 is 18.0 Å². The highest BCUT2D eigenvalue weighted by Gasteiger charge is 2.13. The topological polar surface area (TPSA) is 112 Å². The predicted molar refractivity (Wildman–Crippen MR) is 82.5 cm³/mol. The van der Waals surface area contributed by atoms with Crippen LogP contribution < -0.4 is 15.2 Å². The summed E-state index contributed by atoms with van der Waals surface area (Å²) in [5, 5.41) is 9.07. The molecule has 1 amide bonds. The summed E-state index contributed by atoms with van der Waals surface area (Å²) in [5.74, 6) is -0.643. The zero-order valence-corrected chi connectivity index (χ0v) is 13.2. The number of rotatable bonds is 7. The van der Waals surface area contributed by atoms with Gasteiger partial charge in [-0.2, -0.15) is 5.26 Å². The van der Waals surface area contributed by atoms with Crippen LogP contribution in [-0.2, 0) is 14.3 Å². The third kappa shape index (κ3) is 5.71. The molecule has 23 heavy (non-hydrogen) atoms. The van der Waals surface area contributed by atoms with Crippen molar-refractivity contribution in [2.45, 2.75) is 20.0 Å². The summed E-state index contributed by atoms with van der Waals surface area (Å²) in [6, 6.07) is 6.53. The summed E-state index contributed by atoms with van der Waals surface area (Å²) in [4.78, 5) is 22.5. The van der Waals surface area contributed by atoms with Crippen LogP contribution >= 0.6 is 0 Å². The predicted octanol–water partition coefficient (Wildman–Crippen LogP) is 1.42. The minimum atomic E-state index is -0.699. The molecule has 0 aliphatic rings. The first-order valence-corrected chi connectivity index (χ1v) is 6.79. The zero-order valence-electron chi connectivity index (χ0n) is 13.2. The number of nitriles is 1. The maximum absolute atomic E-state index is 11.8. The Hall–Kier alpha value is -3.01. The van der Waals surface area contributed by atoms with Gasteiger partial charge < -0.3 is 19.9 Å². The number of carbonyl (C=O) groups is 2. The van der Waals surface area contributed by atoms with Crippen LogP contribution in [-0.4, -0.2) is 31.7 Å². The van der Waals surface area contributed by atoms with Crippen LogP contribution in [0.3, 0.4) is 0 Å². The van der Waals surface area contributed by atoms with Crippen molar-refractivity contribution in [1.82, 2.24) is 0 Å². The molecule has 1 aromatic rings. The van der Waals surface area contributed by atoms with E-state index < -0.39 is 11.9 Å². The Morgan fingerprint density at radius 2 is 2.04 bits per heavy atom. The van der Waals surface area contributed by atoms with Crippen molar-refractivity contribution in [2.75, 3.05) is 13.7 Å². The van der Waals surface area contributed by atoms with E-state index in [1.807, 2.05) is 0 Å². The van der Waals surface area contributed by atoms with Crippen LogP contribution in [0, 0.1) is 11.3 Å². The molecule has 0 unspecified atom stereocenters. The fraction of sp³-hybridized carbons (Fsp3) is 0.312. The molecule has 0 spiro atoms. The first-order chi connectivity index (χ1) is 10.9. The van der Waals surface area contributed by atoms with Crippen molar-refractivity contribution in [3.63, 3.8) is 0 Å². The van der Waals surface area contributed by atoms with Crippen molar-refractivity contribution in [3.05, 3.63) is 29.3 Å². The van der Waals surface area contributed by atoms with Gasteiger partial charge in [-0.3, -0.25) is 4.79 Å². The van der Waals surface area contributed by atoms with Gasteiger partial charge in [-0.1, -0.05) is 6.07 Å². The first kappa shape index (κ1) is 18.0. The SMILES string of the molecule is COc1cc(/C=C(\C#N)C(=O)OC(C)C)ccc1OCC(N)=O. The fourth-order valence-electron chi connectivity index (χ4n) is 1.62. The number of esters is 1. The average Bonchev–Trinajstić information content (AvgIpc) is 2.49. The van der Waals surface area contributed by atoms with E-state index in [1.165, 1.54) is 13.2 Å². The van der Waals surface area contributed by atoms with Crippen molar-refractivity contribution in [2.24, 2.45) is 5.73 Å². The molecule has 0 saturated heterocycles. The molecule has 0 bridgehead atoms. The summed E-state index contributed by atoms with van der Waals surface area (Å²) in [6.45, 7) is 3.11. The van der Waals surface area contributed by atoms with Gasteiger partial charge in [0.1, 0.15) is 11.6 Å². The van der Waals surface area contributed by atoms with E-state index in [4.69, 9.17) is 25.2 Å². The summed E-state index contributed by atoms with van der Waals surface area (Å²) in [7, 11) is 1.43. The number of amides is 1. The van der Waals surface area contributed by atoms with Crippen molar-refractivity contribution < 1.29 is 23.8 Å². The molecule has 1 rings (SSSR count). The lowest BCUT2D eigenvalue weighted by Crippen LogP contribution is -2.20. The molecule has 7 nitrogen and oxygen atoms in total. The minimum Gasteiger partial charge on any atom is -0.493 e. The van der Waals surface area contributed by atoms with Crippen molar-refractivity contribution in [1.29, 1.82) is 5.26 Å². The number of hydrogen-bond acceptors (Lipinski definition) is 6. The first-order valence-electron chi connectivity index (χ1n) is 6.79. The van der Waals surface area contributed by atoms with Crippen LogP contribution in [0.1, 0.15) is 19.4 Å². The number of benzene rings is 1. The lowest BCUT2D eigenvalue weighted by Gasteiger charge is -2.10. The highest BCUT2D eigenvalue weighted by Crippen LogP contribution is 2.29. The molecule has 0 atom stereocenters. The van der Waals surface area contributed by atoms with E-state index >= 15 is 0 Å². The molecule has 2 N–H and O–H groups in total. The number of nitrogens with zero attached hydrogens (tertiary/aromatic N) is 1. The second-order valence-corrected chi connectivity index (χ2v) is 4.79. The smallest absolute Gasteiger partial charge is 0.349 e. The quantitative estimate of drug-likeness (QED) is 0.462. The molecule has 0 aromatic heterocycles. The Balaban J connectivity index is 3.04. The normalized spacial score (nSPS) is 10.8. The fourth-order valence-corrected chi connectivity index (χ4v) is 1.62. The molecule has 0 radical (unpaired) electrons. The Kier molecular flexibility index (Phi) is 6.62. The minimum absolute atomic E-state index is 0.133. The molecule has 0 aliphatic heterocycles. The molecule has 122 valence electrons. The Bertz CT molecular complexity index is 659. The van der Waals surface area contributed by atoms with E-state index in [2.05, 4.69) is 0 Å². The molecular formula is C16H18N2O5. The van der Waals surface area contributed by atoms with Crippen molar-refractivity contribution in [3.8, 4) is 17.6 Å². The maximum Gasteiger partial charge on any atom is 0.349 e. The Morgan fingerprint density at radius 3 is 2.57 bits per heavy atom. The summed E-state index contributed by atoms with van der Waals surface area (Å²) >= 11 is 0. The highest BCUT2D eigenvalue weighted by atomic mass is 16.5. The monoisotopic (exact) mass is 318 g/mol. The summed E-state index contributed by atoms with van der Waals surface area (Å²) in [5.41, 5.74) is 5.43. The second-order valence-electron chi connectivity index (χ2n) is 4.79. The van der Waals surface area contributed by atoms with Crippen LogP contribution in [0.25, 0.3) is 6.08 Å². The van der Waals surface area contributed by atoms with Gasteiger partial charge in [0.2, 0.25) is 0 Å². The molecular weight excluding hydrogens is 300 g/mol. The van der Waals surface area contributed by atoms with Crippen LogP contribution in [0.4, 0.5) is 0 Å². The van der Waals surface area contributed by atoms with Crippen LogP contribution in [0.5, 0.6) is 11.5 Å². The van der Waals surface area contributed by atoms with E-state index in [9.17, 15) is 9.59 Å². The molecule has 1 aromatic carbocycles. The van der Waals surface area contributed by atoms with Gasteiger partial charge in [0.25, 0.3) is 5.91 Å². The van der Waals surface area contributed by atoms with Crippen LogP contribution in [0.15, 0.2) is 23.8 Å². The largest absolute Gasteiger partial charge is 0.493 e. The number of primary amides is 1. The second kappa shape index (κ2) is 8.44. The number of ether oxygens (including phenoxy) is 3. The molecule has 0 saturated carbocycles. The van der Waals surface area contributed by atoms with Gasteiger partial charge >= 0.3 is 5.97 Å². The molecule has 0 heterocycles. The maximum atomic E-state index is 11.8. The summed E-state index contributed by atoms with van der Waals surface area (Å²) < 4.78 is 15.3. The van der Waals surface area contributed by atoms with E-state index in [0.717, 1.165) is 0 Å². The third-order valence-electron chi connectivity index (χ3n) is 2.55. The zero-order chi connectivity index (χ0) is 17.4. The van der Waals surface area contributed by atoms with E-state index in [0.29, 0.717) is 17.1 Å². The van der Waals surface area contributed by atoms with Crippen LogP contribution in [0.2, 0.25) is 0 Å². The van der Waals surface area contributed by atoms with Gasteiger partial charge in [-0.15, -0.1) is 0 Å².